The van der Waals surface area contributed by atoms with Crippen molar-refractivity contribution >= 4 is 21.7 Å². The number of aromatic nitrogens is 1. The molecular weight excluding hydrogens is 298 g/mol. The van der Waals surface area contributed by atoms with Gasteiger partial charge in [-0.2, -0.15) is 4.57 Å². The number of benzene rings is 2. The van der Waals surface area contributed by atoms with Crippen molar-refractivity contribution in [3.8, 4) is 0 Å². The lowest BCUT2D eigenvalue weighted by Gasteiger charge is -2.08. The maximum atomic E-state index is 12.0. The SMILES string of the molecule is Cc1ccc[n+](Cc2cc(=O)oc3ccc4ccccc4c23)c1C. The smallest absolute Gasteiger partial charge is 0.336 e. The van der Waals surface area contributed by atoms with E-state index < -0.39 is 0 Å². The van der Waals surface area contributed by atoms with Gasteiger partial charge in [-0.25, -0.2) is 4.79 Å². The molecule has 0 unspecified atom stereocenters. The summed E-state index contributed by atoms with van der Waals surface area (Å²) in [6.07, 6.45) is 2.05. The summed E-state index contributed by atoms with van der Waals surface area (Å²) in [5, 5.41) is 3.27. The number of pyridine rings is 1. The summed E-state index contributed by atoms with van der Waals surface area (Å²) in [5.41, 5.74) is 3.74. The van der Waals surface area contributed by atoms with Gasteiger partial charge in [0.25, 0.3) is 0 Å². The summed E-state index contributed by atoms with van der Waals surface area (Å²) in [6.45, 7) is 4.84. The molecule has 0 N–H and O–H groups in total. The highest BCUT2D eigenvalue weighted by Crippen LogP contribution is 2.27. The van der Waals surface area contributed by atoms with Gasteiger partial charge in [0.05, 0.1) is 0 Å². The van der Waals surface area contributed by atoms with Crippen LogP contribution in [-0.4, -0.2) is 0 Å². The van der Waals surface area contributed by atoms with Crippen LogP contribution in [0.1, 0.15) is 16.8 Å². The average molecular weight is 316 g/mol. The van der Waals surface area contributed by atoms with Crippen LogP contribution >= 0.6 is 0 Å². The van der Waals surface area contributed by atoms with Crippen LogP contribution in [0.3, 0.4) is 0 Å². The predicted molar refractivity (Wildman–Crippen MR) is 95.2 cm³/mol. The van der Waals surface area contributed by atoms with Crippen LogP contribution in [0.25, 0.3) is 21.7 Å². The molecule has 0 saturated heterocycles. The summed E-state index contributed by atoms with van der Waals surface area (Å²) in [4.78, 5) is 12.0. The van der Waals surface area contributed by atoms with Gasteiger partial charge in [-0.1, -0.05) is 30.3 Å². The quantitative estimate of drug-likeness (QED) is 0.319. The largest absolute Gasteiger partial charge is 0.423 e. The number of hydrogen-bond acceptors (Lipinski definition) is 2. The molecule has 0 spiro atoms. The fourth-order valence-corrected chi connectivity index (χ4v) is 3.25. The highest BCUT2D eigenvalue weighted by Gasteiger charge is 2.15. The monoisotopic (exact) mass is 316 g/mol. The zero-order valence-electron chi connectivity index (χ0n) is 13.7. The van der Waals surface area contributed by atoms with Crippen LogP contribution in [0.15, 0.2) is 70.0 Å². The molecule has 2 aromatic heterocycles. The Labute approximate surface area is 139 Å². The molecule has 0 aliphatic carbocycles. The van der Waals surface area contributed by atoms with Crippen LogP contribution in [0, 0.1) is 13.8 Å². The van der Waals surface area contributed by atoms with Gasteiger partial charge in [-0.05, 0) is 29.8 Å². The van der Waals surface area contributed by atoms with Crippen molar-refractivity contribution in [1.82, 2.24) is 0 Å². The Morgan fingerprint density at radius 1 is 1.00 bits per heavy atom. The molecule has 0 atom stereocenters. The van der Waals surface area contributed by atoms with Crippen LogP contribution in [0.4, 0.5) is 0 Å². The molecular formula is C21H18NO2+. The third kappa shape index (κ3) is 2.38. The molecule has 2 heterocycles. The van der Waals surface area contributed by atoms with Crippen molar-refractivity contribution in [2.24, 2.45) is 0 Å². The highest BCUT2D eigenvalue weighted by molar-refractivity contribution is 6.06. The van der Waals surface area contributed by atoms with Gasteiger partial charge in [0.1, 0.15) is 5.58 Å². The van der Waals surface area contributed by atoms with Crippen LogP contribution < -0.4 is 10.2 Å². The molecule has 0 amide bonds. The van der Waals surface area contributed by atoms with E-state index in [0.717, 1.165) is 21.7 Å². The molecule has 0 aliphatic rings. The first-order chi connectivity index (χ1) is 11.6. The second kappa shape index (κ2) is 5.60. The van der Waals surface area contributed by atoms with Gasteiger partial charge >= 0.3 is 5.63 Å². The van der Waals surface area contributed by atoms with E-state index in [-0.39, 0.29) is 5.63 Å². The Balaban J connectivity index is 2.02. The van der Waals surface area contributed by atoms with E-state index in [1.165, 1.54) is 11.3 Å². The summed E-state index contributed by atoms with van der Waals surface area (Å²) in [6, 6.07) is 17.8. The summed E-state index contributed by atoms with van der Waals surface area (Å²) < 4.78 is 7.61. The fraction of sp³-hybridized carbons (Fsp3) is 0.143. The second-order valence-corrected chi connectivity index (χ2v) is 6.16. The summed E-state index contributed by atoms with van der Waals surface area (Å²) >= 11 is 0. The molecule has 118 valence electrons. The van der Waals surface area contributed by atoms with Crippen LogP contribution in [0.5, 0.6) is 0 Å². The molecule has 3 nitrogen and oxygen atoms in total. The lowest BCUT2D eigenvalue weighted by Crippen LogP contribution is -2.38. The van der Waals surface area contributed by atoms with E-state index >= 15 is 0 Å². The maximum absolute atomic E-state index is 12.0. The first kappa shape index (κ1) is 14.6. The van der Waals surface area contributed by atoms with Gasteiger partial charge in [-0.15, -0.1) is 0 Å². The topological polar surface area (TPSA) is 34.1 Å². The Morgan fingerprint density at radius 3 is 2.71 bits per heavy atom. The Morgan fingerprint density at radius 2 is 1.83 bits per heavy atom. The Kier molecular flexibility index (Phi) is 3.42. The highest BCUT2D eigenvalue weighted by atomic mass is 16.4. The van der Waals surface area contributed by atoms with Crippen molar-refractivity contribution < 1.29 is 8.98 Å². The minimum atomic E-state index is -0.307. The van der Waals surface area contributed by atoms with Crippen molar-refractivity contribution in [3.63, 3.8) is 0 Å². The van der Waals surface area contributed by atoms with Gasteiger partial charge in [0.15, 0.2) is 18.4 Å². The minimum absolute atomic E-state index is 0.307. The molecule has 4 aromatic rings. The lowest BCUT2D eigenvalue weighted by molar-refractivity contribution is -0.694. The normalized spacial score (nSPS) is 11.2. The predicted octanol–water partition coefficient (Wildman–Crippen LogP) is 3.90. The van der Waals surface area contributed by atoms with Gasteiger partial charge < -0.3 is 4.42 Å². The number of hydrogen-bond donors (Lipinski definition) is 0. The van der Waals surface area contributed by atoms with Gasteiger partial charge in [-0.3, -0.25) is 0 Å². The zero-order chi connectivity index (χ0) is 16.7. The molecule has 24 heavy (non-hydrogen) atoms. The van der Waals surface area contributed by atoms with Crippen molar-refractivity contribution in [1.29, 1.82) is 0 Å². The summed E-state index contributed by atoms with van der Waals surface area (Å²) in [7, 11) is 0. The van der Waals surface area contributed by atoms with E-state index in [0.29, 0.717) is 12.1 Å². The van der Waals surface area contributed by atoms with Crippen LogP contribution in [0.2, 0.25) is 0 Å². The van der Waals surface area contributed by atoms with E-state index in [1.807, 2.05) is 36.5 Å². The fourth-order valence-electron chi connectivity index (χ4n) is 3.25. The maximum Gasteiger partial charge on any atom is 0.336 e. The molecule has 0 radical (unpaired) electrons. The van der Waals surface area contributed by atoms with E-state index in [1.54, 1.807) is 6.07 Å². The standard InChI is InChI=1S/C21H18NO2/c1-14-6-5-11-22(15(14)2)13-17-12-20(23)24-19-10-9-16-7-3-4-8-18(16)21(17)19/h3-12H,13H2,1-2H3/q+1. The molecule has 3 heteroatoms. The van der Waals surface area contributed by atoms with Gasteiger partial charge in [0.2, 0.25) is 0 Å². The minimum Gasteiger partial charge on any atom is -0.423 e. The number of nitrogens with zero attached hydrogens (tertiary/aromatic N) is 1. The first-order valence-corrected chi connectivity index (χ1v) is 8.03. The van der Waals surface area contributed by atoms with Crippen LogP contribution in [-0.2, 0) is 6.54 Å². The van der Waals surface area contributed by atoms with E-state index in [9.17, 15) is 4.79 Å². The number of aryl methyl sites for hydroxylation is 1. The van der Waals surface area contributed by atoms with Crippen molar-refractivity contribution in [2.45, 2.75) is 20.4 Å². The third-order valence-electron chi connectivity index (χ3n) is 4.67. The molecule has 0 saturated carbocycles. The Hall–Kier alpha value is -2.94. The zero-order valence-corrected chi connectivity index (χ0v) is 13.7. The number of fused-ring (bicyclic) bond motifs is 3. The van der Waals surface area contributed by atoms with Crippen molar-refractivity contribution in [2.75, 3.05) is 0 Å². The molecule has 0 fully saturated rings. The lowest BCUT2D eigenvalue weighted by atomic mass is 10.0. The van der Waals surface area contributed by atoms with E-state index in [4.69, 9.17) is 4.42 Å². The first-order valence-electron chi connectivity index (χ1n) is 8.03. The van der Waals surface area contributed by atoms with E-state index in [2.05, 4.69) is 36.6 Å². The molecule has 2 aromatic carbocycles. The average Bonchev–Trinajstić information content (AvgIpc) is 2.58. The second-order valence-electron chi connectivity index (χ2n) is 6.16. The van der Waals surface area contributed by atoms with Gasteiger partial charge in [0, 0.05) is 35.6 Å². The molecule has 0 bridgehead atoms. The Bertz CT molecular complexity index is 1130. The molecule has 4 rings (SSSR count). The summed E-state index contributed by atoms with van der Waals surface area (Å²) in [5.74, 6) is 0. The molecule has 0 aliphatic heterocycles. The third-order valence-corrected chi connectivity index (χ3v) is 4.67. The van der Waals surface area contributed by atoms with Crippen molar-refractivity contribution in [3.05, 3.63) is 88.0 Å². The number of rotatable bonds is 2.